The molecule has 320 valence electrons. The molecule has 14 nitrogen and oxygen atoms in total. The number of anilines is 5. The molecular formula is C46H55FN10O4. The number of nitrogens with zero attached hydrogens (tertiary/aromatic N) is 5. The minimum absolute atomic E-state index is 0.00825. The average molecular weight is 831 g/mol. The smallest absolute Gasteiger partial charge is 0.265 e. The van der Waals surface area contributed by atoms with Crippen molar-refractivity contribution in [2.24, 2.45) is 11.7 Å². The molecule has 0 radical (unpaired) electrons. The largest absolute Gasteiger partial charge is 0.369 e. The van der Waals surface area contributed by atoms with E-state index in [-0.39, 0.29) is 41.3 Å². The average Bonchev–Trinajstić information content (AvgIpc) is 3.28. The molecule has 1 aromatic heterocycles. The van der Waals surface area contributed by atoms with Gasteiger partial charge < -0.3 is 21.3 Å². The molecule has 3 aliphatic heterocycles. The Hall–Kier alpha value is -5.93. The molecule has 4 aromatic rings. The molecule has 1 unspecified atom stereocenters. The topological polar surface area (TPSA) is 178 Å². The fourth-order valence-corrected chi connectivity index (χ4v) is 9.17. The van der Waals surface area contributed by atoms with Crippen LogP contribution in [0, 0.1) is 11.7 Å². The third kappa shape index (κ3) is 10.5. The highest BCUT2D eigenvalue weighted by Crippen LogP contribution is 2.36. The van der Waals surface area contributed by atoms with Crippen molar-refractivity contribution in [3.05, 3.63) is 101 Å². The first-order valence-corrected chi connectivity index (χ1v) is 21.7. The van der Waals surface area contributed by atoms with Crippen molar-refractivity contribution in [1.29, 1.82) is 0 Å². The highest BCUT2D eigenvalue weighted by atomic mass is 19.1. The van der Waals surface area contributed by atoms with Gasteiger partial charge in [-0.25, -0.2) is 14.4 Å². The Bertz CT molecular complexity index is 2200. The Balaban J connectivity index is 0.757. The summed E-state index contributed by atoms with van der Waals surface area (Å²) < 4.78 is 14.9. The summed E-state index contributed by atoms with van der Waals surface area (Å²) in [7, 11) is 0. The van der Waals surface area contributed by atoms with Gasteiger partial charge in [-0.05, 0) is 123 Å². The Morgan fingerprint density at radius 2 is 1.54 bits per heavy atom. The first-order valence-electron chi connectivity index (χ1n) is 21.7. The number of primary amides is 1. The number of halogens is 1. The summed E-state index contributed by atoms with van der Waals surface area (Å²) in [4.78, 5) is 62.6. The number of rotatable bonds is 13. The summed E-state index contributed by atoms with van der Waals surface area (Å²) in [6.45, 7) is 6.58. The number of amides is 4. The zero-order chi connectivity index (χ0) is 42.3. The minimum Gasteiger partial charge on any atom is -0.369 e. The molecular weight excluding hydrogens is 776 g/mol. The molecule has 4 aliphatic rings. The van der Waals surface area contributed by atoms with Gasteiger partial charge in [0.15, 0.2) is 11.6 Å². The lowest BCUT2D eigenvalue weighted by molar-refractivity contribution is -0.134. The summed E-state index contributed by atoms with van der Waals surface area (Å²) in [6.07, 6.45) is 10.6. The van der Waals surface area contributed by atoms with Crippen molar-refractivity contribution < 1.29 is 23.6 Å². The van der Waals surface area contributed by atoms with Gasteiger partial charge in [0.25, 0.3) is 5.91 Å². The predicted molar refractivity (Wildman–Crippen MR) is 232 cm³/mol. The van der Waals surface area contributed by atoms with Crippen LogP contribution in [0.15, 0.2) is 72.9 Å². The predicted octanol–water partition coefficient (Wildman–Crippen LogP) is 6.34. The Kier molecular flexibility index (Phi) is 13.2. The second-order valence-corrected chi connectivity index (χ2v) is 16.8. The van der Waals surface area contributed by atoms with Crippen LogP contribution in [0.25, 0.3) is 0 Å². The van der Waals surface area contributed by atoms with Crippen LogP contribution in [-0.2, 0) is 9.59 Å². The molecule has 1 atom stereocenters. The molecule has 4 heterocycles. The maximum absolute atomic E-state index is 14.9. The van der Waals surface area contributed by atoms with E-state index in [9.17, 15) is 23.6 Å². The van der Waals surface area contributed by atoms with Gasteiger partial charge in [0, 0.05) is 73.9 Å². The van der Waals surface area contributed by atoms with Crippen LogP contribution < -0.4 is 32.0 Å². The summed E-state index contributed by atoms with van der Waals surface area (Å²) in [5.74, 6) is -0.902. The molecule has 4 fully saturated rings. The zero-order valence-electron chi connectivity index (χ0n) is 34.5. The standard InChI is InChI=1S/C46H55FN10O4/c47-40-29-49-46(53-43(40)50-35-12-15-38(42(48)59)39(28-35)31-4-2-1-3-5-31)51-34-10-6-33(7-11-34)44(60)54-57-22-19-30(20-23-57)18-21-55-24-26-56(27-25-55)36-13-8-32(9-14-36)37-16-17-41(58)52-45(37)61/h6-15,28-31,37H,1-5,16-27H2,(H2,48,59)(H,54,60)(H,52,58,61)(H2,49,50,51,53). The van der Waals surface area contributed by atoms with Gasteiger partial charge in [-0.3, -0.25) is 34.8 Å². The van der Waals surface area contributed by atoms with E-state index in [4.69, 9.17) is 5.73 Å². The van der Waals surface area contributed by atoms with E-state index in [1.165, 1.54) is 6.42 Å². The lowest BCUT2D eigenvalue weighted by Crippen LogP contribution is -2.48. The number of carbonyl (C=O) groups is 4. The Morgan fingerprint density at radius 3 is 2.25 bits per heavy atom. The number of benzene rings is 3. The number of piperazine rings is 1. The van der Waals surface area contributed by atoms with E-state index in [2.05, 4.69) is 53.3 Å². The minimum atomic E-state index is -0.621. The van der Waals surface area contributed by atoms with Crippen molar-refractivity contribution >= 4 is 52.5 Å². The second kappa shape index (κ2) is 19.2. The number of hydrogen-bond acceptors (Lipinski definition) is 11. The number of aromatic nitrogens is 2. The zero-order valence-corrected chi connectivity index (χ0v) is 34.5. The Morgan fingerprint density at radius 1 is 0.820 bits per heavy atom. The van der Waals surface area contributed by atoms with E-state index in [1.807, 2.05) is 23.2 Å². The van der Waals surface area contributed by atoms with Gasteiger partial charge in [-0.2, -0.15) is 4.98 Å². The van der Waals surface area contributed by atoms with Gasteiger partial charge in [0.2, 0.25) is 23.7 Å². The lowest BCUT2D eigenvalue weighted by atomic mass is 9.82. The molecule has 6 N–H and O–H groups in total. The van der Waals surface area contributed by atoms with E-state index < -0.39 is 11.7 Å². The van der Waals surface area contributed by atoms with Crippen LogP contribution in [0.2, 0.25) is 0 Å². The summed E-state index contributed by atoms with van der Waals surface area (Å²) >= 11 is 0. The van der Waals surface area contributed by atoms with Crippen molar-refractivity contribution in [3.63, 3.8) is 0 Å². The first kappa shape index (κ1) is 41.8. The maximum atomic E-state index is 14.9. The summed E-state index contributed by atoms with van der Waals surface area (Å²) in [6, 6.07) is 20.5. The van der Waals surface area contributed by atoms with E-state index in [0.717, 1.165) is 114 Å². The van der Waals surface area contributed by atoms with Crippen molar-refractivity contribution in [2.45, 2.75) is 76.0 Å². The van der Waals surface area contributed by atoms with Crippen LogP contribution in [0.3, 0.4) is 0 Å². The number of imide groups is 1. The highest BCUT2D eigenvalue weighted by Gasteiger charge is 2.29. The second-order valence-electron chi connectivity index (χ2n) is 16.8. The van der Waals surface area contributed by atoms with E-state index >= 15 is 0 Å². The first-order chi connectivity index (χ1) is 29.6. The number of nitrogens with one attached hydrogen (secondary N) is 4. The Labute approximate surface area is 355 Å². The molecule has 0 spiro atoms. The van der Waals surface area contributed by atoms with Gasteiger partial charge in [-0.15, -0.1) is 0 Å². The number of piperidine rings is 2. The molecule has 1 saturated carbocycles. The summed E-state index contributed by atoms with van der Waals surface area (Å²) in [5, 5.41) is 10.6. The lowest BCUT2D eigenvalue weighted by Gasteiger charge is -2.37. The molecule has 3 aromatic carbocycles. The summed E-state index contributed by atoms with van der Waals surface area (Å²) in [5.41, 5.74) is 14.0. The SMILES string of the molecule is NC(=O)c1ccc(Nc2nc(Nc3ccc(C(=O)NN4CCC(CCN5CCN(c6ccc(C7CCC(=O)NC7=O)cc6)CC5)CC4)cc3)ncc2F)cc1C1CCCCC1. The van der Waals surface area contributed by atoms with Gasteiger partial charge >= 0.3 is 0 Å². The monoisotopic (exact) mass is 830 g/mol. The maximum Gasteiger partial charge on any atom is 0.265 e. The molecule has 3 saturated heterocycles. The third-order valence-electron chi connectivity index (χ3n) is 12.8. The molecule has 8 rings (SSSR count). The molecule has 61 heavy (non-hydrogen) atoms. The van der Waals surface area contributed by atoms with Crippen LogP contribution in [-0.4, -0.2) is 89.3 Å². The molecule has 15 heteroatoms. The number of hydrogen-bond donors (Lipinski definition) is 5. The number of carbonyl (C=O) groups excluding carboxylic acids is 4. The van der Waals surface area contributed by atoms with Crippen molar-refractivity contribution in [2.75, 3.05) is 61.3 Å². The third-order valence-corrected chi connectivity index (χ3v) is 12.8. The molecule has 4 amide bonds. The fourth-order valence-electron chi connectivity index (χ4n) is 9.17. The van der Waals surface area contributed by atoms with Crippen LogP contribution in [0.1, 0.15) is 108 Å². The van der Waals surface area contributed by atoms with Crippen LogP contribution in [0.4, 0.5) is 33.2 Å². The normalized spacial score (nSPS) is 19.6. The molecule has 0 bridgehead atoms. The van der Waals surface area contributed by atoms with Gasteiger partial charge in [0.05, 0.1) is 12.1 Å². The number of hydrazine groups is 1. The van der Waals surface area contributed by atoms with E-state index in [1.54, 1.807) is 36.4 Å². The van der Waals surface area contributed by atoms with Gasteiger partial charge in [0.1, 0.15) is 0 Å². The van der Waals surface area contributed by atoms with Crippen LogP contribution in [0.5, 0.6) is 0 Å². The quantitative estimate of drug-likeness (QED) is 0.0951. The van der Waals surface area contributed by atoms with Crippen molar-refractivity contribution in [1.82, 2.24) is 30.6 Å². The molecule has 1 aliphatic carbocycles. The van der Waals surface area contributed by atoms with Gasteiger partial charge in [-0.1, -0.05) is 31.4 Å². The number of nitrogens with two attached hydrogens (primary N) is 1. The fraction of sp³-hybridized carbons (Fsp3) is 0.435. The highest BCUT2D eigenvalue weighted by molar-refractivity contribution is 6.01. The van der Waals surface area contributed by atoms with Crippen LogP contribution >= 0.6 is 0 Å². The van der Waals surface area contributed by atoms with Crippen molar-refractivity contribution in [3.8, 4) is 0 Å². The van der Waals surface area contributed by atoms with E-state index in [0.29, 0.717) is 41.3 Å².